The van der Waals surface area contributed by atoms with Gasteiger partial charge < -0.3 is 0 Å². The molecule has 5 aromatic carbocycles. The highest BCUT2D eigenvalue weighted by atomic mass is 15.2. The summed E-state index contributed by atoms with van der Waals surface area (Å²) in [5.41, 5.74) is 9.25. The van der Waals surface area contributed by atoms with Gasteiger partial charge in [-0.15, -0.1) is 0 Å². The zero-order chi connectivity index (χ0) is 26.8. The van der Waals surface area contributed by atoms with Crippen LogP contribution in [-0.2, 0) is 5.41 Å². The second-order valence-electron chi connectivity index (χ2n) is 10.9. The van der Waals surface area contributed by atoms with Crippen LogP contribution in [-0.4, -0.2) is 19.5 Å². The van der Waals surface area contributed by atoms with Crippen LogP contribution in [0.3, 0.4) is 0 Å². The molecule has 0 aliphatic heterocycles. The van der Waals surface area contributed by atoms with Crippen LogP contribution in [0.15, 0.2) is 121 Å². The van der Waals surface area contributed by atoms with Crippen molar-refractivity contribution in [3.05, 3.63) is 132 Å². The molecule has 40 heavy (non-hydrogen) atoms. The summed E-state index contributed by atoms with van der Waals surface area (Å²) in [5, 5.41) is 2.36. The number of fused-ring (bicyclic) bond motifs is 6. The topological polar surface area (TPSA) is 43.6 Å². The van der Waals surface area contributed by atoms with Gasteiger partial charge in [0.05, 0.1) is 11.0 Å². The van der Waals surface area contributed by atoms with Gasteiger partial charge in [0.1, 0.15) is 0 Å². The number of hydrogen-bond acceptors (Lipinski definition) is 3. The predicted molar refractivity (Wildman–Crippen MR) is 163 cm³/mol. The molecule has 0 radical (unpaired) electrons. The van der Waals surface area contributed by atoms with Crippen LogP contribution in [0.5, 0.6) is 0 Å². The number of aromatic nitrogens is 4. The molecule has 8 rings (SSSR count). The first-order chi connectivity index (χ1) is 19.6. The Labute approximate surface area is 232 Å². The molecule has 0 saturated heterocycles. The molecule has 0 spiro atoms. The SMILES string of the molecule is CC1(C)c2ccccc2-c2cc(-c3nc(-c4ccccc4)nc(-n4c5ccccc5c5ccccc54)n3)ccc21. The molecule has 0 N–H and O–H groups in total. The molecule has 7 aromatic rings. The molecule has 1 aliphatic carbocycles. The predicted octanol–water partition coefficient (Wildman–Crippen LogP) is 8.61. The molecule has 4 nitrogen and oxygen atoms in total. The van der Waals surface area contributed by atoms with Crippen LogP contribution >= 0.6 is 0 Å². The Balaban J connectivity index is 1.40. The summed E-state index contributed by atoms with van der Waals surface area (Å²) >= 11 is 0. The van der Waals surface area contributed by atoms with Gasteiger partial charge in [0, 0.05) is 27.3 Å². The van der Waals surface area contributed by atoms with Gasteiger partial charge in [-0.3, -0.25) is 4.57 Å². The van der Waals surface area contributed by atoms with Crippen LogP contribution in [0.25, 0.3) is 61.7 Å². The second-order valence-corrected chi connectivity index (χ2v) is 10.9. The number of para-hydroxylation sites is 2. The molecule has 0 amide bonds. The molecule has 4 heteroatoms. The maximum absolute atomic E-state index is 5.13. The third-order valence-electron chi connectivity index (χ3n) is 8.28. The maximum atomic E-state index is 5.13. The van der Waals surface area contributed by atoms with Gasteiger partial charge in [-0.05, 0) is 40.5 Å². The largest absolute Gasteiger partial charge is 0.278 e. The maximum Gasteiger partial charge on any atom is 0.238 e. The highest BCUT2D eigenvalue weighted by Crippen LogP contribution is 2.49. The lowest BCUT2D eigenvalue weighted by molar-refractivity contribution is 0.660. The molecule has 2 heterocycles. The standard InChI is InChI=1S/C36H26N4/c1-36(2)29-17-9-6-14-25(29)28-22-24(20-21-30(28)36)34-37-33(23-12-4-3-5-13-23)38-35(39-34)40-31-18-10-7-15-26(31)27-16-8-11-19-32(27)40/h3-22H,1-2H3. The minimum absolute atomic E-state index is 0.0487. The summed E-state index contributed by atoms with van der Waals surface area (Å²) in [6.07, 6.45) is 0. The van der Waals surface area contributed by atoms with E-state index in [4.69, 9.17) is 15.0 Å². The van der Waals surface area contributed by atoms with E-state index in [1.807, 2.05) is 18.2 Å². The first-order valence-corrected chi connectivity index (χ1v) is 13.6. The van der Waals surface area contributed by atoms with E-state index in [2.05, 4.69) is 122 Å². The number of benzene rings is 5. The zero-order valence-corrected chi connectivity index (χ0v) is 22.3. The van der Waals surface area contributed by atoms with E-state index in [1.165, 1.54) is 33.0 Å². The van der Waals surface area contributed by atoms with Crippen LogP contribution in [0, 0.1) is 0 Å². The summed E-state index contributed by atoms with van der Waals surface area (Å²) in [6, 6.07) is 42.4. The quantitative estimate of drug-likeness (QED) is 0.237. The highest BCUT2D eigenvalue weighted by molar-refractivity contribution is 6.09. The Morgan fingerprint density at radius 3 is 1.80 bits per heavy atom. The highest BCUT2D eigenvalue weighted by Gasteiger charge is 2.35. The van der Waals surface area contributed by atoms with Crippen molar-refractivity contribution in [1.29, 1.82) is 0 Å². The lowest BCUT2D eigenvalue weighted by Gasteiger charge is -2.21. The number of hydrogen-bond donors (Lipinski definition) is 0. The van der Waals surface area contributed by atoms with Crippen molar-refractivity contribution in [2.75, 3.05) is 0 Å². The lowest BCUT2D eigenvalue weighted by atomic mass is 9.82. The minimum atomic E-state index is -0.0487. The normalized spacial score (nSPS) is 13.4. The van der Waals surface area contributed by atoms with Crippen LogP contribution in [0.1, 0.15) is 25.0 Å². The first-order valence-electron chi connectivity index (χ1n) is 13.6. The van der Waals surface area contributed by atoms with Gasteiger partial charge in [-0.25, -0.2) is 4.98 Å². The van der Waals surface area contributed by atoms with Gasteiger partial charge >= 0.3 is 0 Å². The minimum Gasteiger partial charge on any atom is -0.278 e. The van der Waals surface area contributed by atoms with Crippen molar-refractivity contribution in [1.82, 2.24) is 19.5 Å². The number of nitrogens with zero attached hydrogens (tertiary/aromatic N) is 4. The Morgan fingerprint density at radius 1 is 0.500 bits per heavy atom. The van der Waals surface area contributed by atoms with E-state index in [9.17, 15) is 0 Å². The van der Waals surface area contributed by atoms with Crippen LogP contribution in [0.2, 0.25) is 0 Å². The molecule has 0 fully saturated rings. The molecular weight excluding hydrogens is 488 g/mol. The first kappa shape index (κ1) is 22.9. The third-order valence-corrected chi connectivity index (χ3v) is 8.28. The summed E-state index contributed by atoms with van der Waals surface area (Å²) < 4.78 is 2.16. The van der Waals surface area contributed by atoms with Crippen LogP contribution < -0.4 is 0 Å². The van der Waals surface area contributed by atoms with Gasteiger partial charge in [-0.1, -0.05) is 117 Å². The fraction of sp³-hybridized carbons (Fsp3) is 0.0833. The van der Waals surface area contributed by atoms with Crippen molar-refractivity contribution < 1.29 is 0 Å². The zero-order valence-electron chi connectivity index (χ0n) is 22.3. The third kappa shape index (κ3) is 3.29. The summed E-state index contributed by atoms with van der Waals surface area (Å²) in [4.78, 5) is 15.2. The average molecular weight is 515 g/mol. The molecule has 0 bridgehead atoms. The van der Waals surface area contributed by atoms with Crippen LogP contribution in [0.4, 0.5) is 0 Å². The van der Waals surface area contributed by atoms with Gasteiger partial charge in [0.15, 0.2) is 11.6 Å². The summed E-state index contributed by atoms with van der Waals surface area (Å²) in [6.45, 7) is 4.60. The molecule has 0 atom stereocenters. The van der Waals surface area contributed by atoms with E-state index >= 15 is 0 Å². The van der Waals surface area contributed by atoms with E-state index < -0.39 is 0 Å². The molecule has 190 valence electrons. The molecular formula is C36H26N4. The Hall–Kier alpha value is -5.09. The molecule has 1 aliphatic rings. The Kier molecular flexibility index (Phi) is 4.83. The number of rotatable bonds is 3. The summed E-state index contributed by atoms with van der Waals surface area (Å²) in [5.74, 6) is 1.93. The van der Waals surface area contributed by atoms with Crippen molar-refractivity contribution in [3.8, 4) is 39.9 Å². The molecule has 0 unspecified atom stereocenters. The van der Waals surface area contributed by atoms with Crippen molar-refractivity contribution >= 4 is 21.8 Å². The van der Waals surface area contributed by atoms with Gasteiger partial charge in [0.25, 0.3) is 0 Å². The van der Waals surface area contributed by atoms with E-state index in [-0.39, 0.29) is 5.41 Å². The summed E-state index contributed by atoms with van der Waals surface area (Å²) in [7, 11) is 0. The Bertz CT molecular complexity index is 2030. The van der Waals surface area contributed by atoms with Crippen molar-refractivity contribution in [2.45, 2.75) is 19.3 Å². The van der Waals surface area contributed by atoms with Crippen molar-refractivity contribution in [2.24, 2.45) is 0 Å². The fourth-order valence-corrected chi connectivity index (χ4v) is 6.31. The molecule has 0 saturated carbocycles. The average Bonchev–Trinajstić information content (AvgIpc) is 3.46. The van der Waals surface area contributed by atoms with E-state index in [0.29, 0.717) is 17.6 Å². The van der Waals surface area contributed by atoms with Crippen molar-refractivity contribution in [3.63, 3.8) is 0 Å². The van der Waals surface area contributed by atoms with Gasteiger partial charge in [-0.2, -0.15) is 9.97 Å². The van der Waals surface area contributed by atoms with E-state index in [1.54, 1.807) is 0 Å². The fourth-order valence-electron chi connectivity index (χ4n) is 6.31. The molecule has 2 aromatic heterocycles. The second kappa shape index (κ2) is 8.45. The Morgan fingerprint density at radius 2 is 1.07 bits per heavy atom. The van der Waals surface area contributed by atoms with E-state index in [0.717, 1.165) is 22.2 Å². The lowest BCUT2D eigenvalue weighted by Crippen LogP contribution is -2.14. The monoisotopic (exact) mass is 514 g/mol. The smallest absolute Gasteiger partial charge is 0.238 e. The van der Waals surface area contributed by atoms with Gasteiger partial charge in [0.2, 0.25) is 5.95 Å².